The monoisotopic (exact) mass is 189 g/mol. The Labute approximate surface area is 73.4 Å². The van der Waals surface area contributed by atoms with Gasteiger partial charge < -0.3 is 0 Å². The van der Waals surface area contributed by atoms with E-state index in [1.807, 2.05) is 0 Å². The molecule has 12 heavy (non-hydrogen) atoms. The molecule has 2 aliphatic carbocycles. The molecule has 0 aliphatic heterocycles. The highest BCUT2D eigenvalue weighted by Gasteiger charge is 2.58. The Kier molecular flexibility index (Phi) is 1.74. The van der Waals surface area contributed by atoms with Gasteiger partial charge in [-0.2, -0.15) is 0 Å². The maximum Gasteiger partial charge on any atom is 0.215 e. The summed E-state index contributed by atoms with van der Waals surface area (Å²) in [7, 11) is -3.27. The SMILES string of the molecule is NS(=O)(=O)C1(C2CCCC2)CC1. The van der Waals surface area contributed by atoms with E-state index in [-0.39, 0.29) is 0 Å². The molecule has 0 heterocycles. The highest BCUT2D eigenvalue weighted by molar-refractivity contribution is 7.90. The number of rotatable bonds is 2. The van der Waals surface area contributed by atoms with Gasteiger partial charge in [-0.1, -0.05) is 12.8 Å². The van der Waals surface area contributed by atoms with Gasteiger partial charge in [0.05, 0.1) is 4.75 Å². The summed E-state index contributed by atoms with van der Waals surface area (Å²) in [6.07, 6.45) is 6.10. The van der Waals surface area contributed by atoms with Crippen LogP contribution in [0, 0.1) is 5.92 Å². The van der Waals surface area contributed by atoms with Crippen molar-refractivity contribution in [1.82, 2.24) is 0 Å². The zero-order valence-electron chi connectivity index (χ0n) is 7.12. The molecule has 0 atom stereocenters. The molecule has 0 radical (unpaired) electrons. The molecule has 2 fully saturated rings. The van der Waals surface area contributed by atoms with Crippen molar-refractivity contribution in [3.8, 4) is 0 Å². The molecule has 3 nitrogen and oxygen atoms in total. The van der Waals surface area contributed by atoms with Crippen LogP contribution in [0.3, 0.4) is 0 Å². The molecule has 0 aromatic heterocycles. The van der Waals surface area contributed by atoms with Crippen LogP contribution in [0.5, 0.6) is 0 Å². The van der Waals surface area contributed by atoms with E-state index < -0.39 is 14.8 Å². The quantitative estimate of drug-likeness (QED) is 0.704. The van der Waals surface area contributed by atoms with Gasteiger partial charge >= 0.3 is 0 Å². The molecule has 70 valence electrons. The highest BCUT2D eigenvalue weighted by atomic mass is 32.2. The zero-order chi connectivity index (χ0) is 8.82. The molecule has 2 saturated carbocycles. The second-order valence-corrected chi connectivity index (χ2v) is 5.99. The number of sulfonamides is 1. The molecule has 2 N–H and O–H groups in total. The topological polar surface area (TPSA) is 60.2 Å². The smallest absolute Gasteiger partial charge is 0.215 e. The van der Waals surface area contributed by atoms with E-state index in [0.29, 0.717) is 5.92 Å². The molecule has 0 bridgehead atoms. The Morgan fingerprint density at radius 2 is 1.67 bits per heavy atom. The van der Waals surface area contributed by atoms with E-state index in [2.05, 4.69) is 0 Å². The van der Waals surface area contributed by atoms with Crippen LogP contribution in [-0.4, -0.2) is 13.2 Å². The van der Waals surface area contributed by atoms with Gasteiger partial charge in [0.1, 0.15) is 0 Å². The second-order valence-electron chi connectivity index (χ2n) is 4.09. The molecular weight excluding hydrogens is 174 g/mol. The average Bonchev–Trinajstić information content (AvgIpc) is 2.61. The Balaban J connectivity index is 2.21. The number of hydrogen-bond donors (Lipinski definition) is 1. The normalized spacial score (nSPS) is 29.1. The van der Waals surface area contributed by atoms with Crippen molar-refractivity contribution in [2.45, 2.75) is 43.3 Å². The minimum atomic E-state index is -3.27. The summed E-state index contributed by atoms with van der Waals surface area (Å²) < 4.78 is 22.1. The number of nitrogens with two attached hydrogens (primary N) is 1. The van der Waals surface area contributed by atoms with Crippen molar-refractivity contribution in [3.63, 3.8) is 0 Å². The van der Waals surface area contributed by atoms with Gasteiger partial charge in [0, 0.05) is 0 Å². The van der Waals surface area contributed by atoms with E-state index in [9.17, 15) is 8.42 Å². The lowest BCUT2D eigenvalue weighted by atomic mass is 10.0. The fourth-order valence-electron chi connectivity index (χ4n) is 2.50. The third-order valence-corrected chi connectivity index (χ3v) is 5.28. The molecular formula is C8H15NO2S. The van der Waals surface area contributed by atoms with Gasteiger partial charge in [0.15, 0.2) is 0 Å². The Hall–Kier alpha value is -0.0900. The summed E-state index contributed by atoms with van der Waals surface area (Å²) in [5, 5.41) is 5.23. The van der Waals surface area contributed by atoms with E-state index in [4.69, 9.17) is 5.14 Å². The molecule has 0 amide bonds. The summed E-state index contributed by atoms with van der Waals surface area (Å²) in [4.78, 5) is 0. The Morgan fingerprint density at radius 1 is 1.17 bits per heavy atom. The molecule has 2 rings (SSSR count). The van der Waals surface area contributed by atoms with Gasteiger partial charge in [-0.25, -0.2) is 13.6 Å². The third-order valence-electron chi connectivity index (χ3n) is 3.41. The summed E-state index contributed by atoms with van der Waals surface area (Å²) in [5.41, 5.74) is 0. The fraction of sp³-hybridized carbons (Fsp3) is 1.00. The lowest BCUT2D eigenvalue weighted by molar-refractivity contribution is 0.473. The van der Waals surface area contributed by atoms with E-state index >= 15 is 0 Å². The molecule has 4 heteroatoms. The van der Waals surface area contributed by atoms with Crippen LogP contribution in [0.4, 0.5) is 0 Å². The summed E-state index contributed by atoms with van der Waals surface area (Å²) in [6.45, 7) is 0. The molecule has 0 aromatic carbocycles. The first kappa shape index (κ1) is 8.51. The molecule has 2 aliphatic rings. The van der Waals surface area contributed by atoms with Crippen molar-refractivity contribution >= 4 is 10.0 Å². The standard InChI is InChI=1S/C8H15NO2S/c9-12(10,11)8(5-6-8)7-3-1-2-4-7/h7H,1-6H2,(H2,9,10,11). The Morgan fingerprint density at radius 3 is 2.00 bits per heavy atom. The highest BCUT2D eigenvalue weighted by Crippen LogP contribution is 2.53. The third kappa shape index (κ3) is 1.09. The van der Waals surface area contributed by atoms with Crippen molar-refractivity contribution in [2.24, 2.45) is 11.1 Å². The minimum Gasteiger partial charge on any atom is -0.228 e. The largest absolute Gasteiger partial charge is 0.228 e. The van der Waals surface area contributed by atoms with E-state index in [1.165, 1.54) is 12.8 Å². The average molecular weight is 189 g/mol. The van der Waals surface area contributed by atoms with Gasteiger partial charge in [-0.05, 0) is 31.6 Å². The van der Waals surface area contributed by atoms with E-state index in [1.54, 1.807) is 0 Å². The maximum absolute atomic E-state index is 11.3. The van der Waals surface area contributed by atoms with Crippen LogP contribution in [0.25, 0.3) is 0 Å². The first-order valence-corrected chi connectivity index (χ1v) is 6.13. The van der Waals surface area contributed by atoms with Crippen molar-refractivity contribution in [3.05, 3.63) is 0 Å². The van der Waals surface area contributed by atoms with Crippen LogP contribution in [0.2, 0.25) is 0 Å². The first-order chi connectivity index (χ1) is 5.56. The Bertz CT molecular complexity index is 273. The van der Waals surface area contributed by atoms with Gasteiger partial charge in [0.2, 0.25) is 10.0 Å². The van der Waals surface area contributed by atoms with Crippen LogP contribution < -0.4 is 5.14 Å². The van der Waals surface area contributed by atoms with Crippen LogP contribution in [0.15, 0.2) is 0 Å². The predicted octanol–water partition coefficient (Wildman–Crippen LogP) is 0.998. The lowest BCUT2D eigenvalue weighted by Gasteiger charge is -2.19. The molecule has 0 saturated heterocycles. The predicted molar refractivity (Wildman–Crippen MR) is 47.0 cm³/mol. The van der Waals surface area contributed by atoms with Gasteiger partial charge in [-0.15, -0.1) is 0 Å². The van der Waals surface area contributed by atoms with Crippen LogP contribution in [-0.2, 0) is 10.0 Å². The van der Waals surface area contributed by atoms with E-state index in [0.717, 1.165) is 25.7 Å². The van der Waals surface area contributed by atoms with Crippen molar-refractivity contribution in [2.75, 3.05) is 0 Å². The minimum absolute atomic E-state index is 0.368. The van der Waals surface area contributed by atoms with Crippen LogP contribution >= 0.6 is 0 Å². The van der Waals surface area contributed by atoms with Crippen molar-refractivity contribution in [1.29, 1.82) is 0 Å². The zero-order valence-corrected chi connectivity index (χ0v) is 7.94. The summed E-state index contributed by atoms with van der Waals surface area (Å²) >= 11 is 0. The van der Waals surface area contributed by atoms with Crippen LogP contribution in [0.1, 0.15) is 38.5 Å². The molecule has 0 spiro atoms. The molecule has 0 aromatic rings. The molecule has 0 unspecified atom stereocenters. The summed E-state index contributed by atoms with van der Waals surface area (Å²) in [5.74, 6) is 0.368. The van der Waals surface area contributed by atoms with Gasteiger partial charge in [-0.3, -0.25) is 0 Å². The summed E-state index contributed by atoms with van der Waals surface area (Å²) in [6, 6.07) is 0. The van der Waals surface area contributed by atoms with Crippen molar-refractivity contribution < 1.29 is 8.42 Å². The second kappa shape index (κ2) is 2.45. The lowest BCUT2D eigenvalue weighted by Crippen LogP contribution is -2.36. The number of primary sulfonamides is 1. The van der Waals surface area contributed by atoms with Gasteiger partial charge in [0.25, 0.3) is 0 Å². The number of hydrogen-bond acceptors (Lipinski definition) is 2. The fourth-order valence-corrected chi connectivity index (χ4v) is 3.87. The first-order valence-electron chi connectivity index (χ1n) is 4.59. The maximum atomic E-state index is 11.3.